The van der Waals surface area contributed by atoms with Crippen LogP contribution in [-0.2, 0) is 0 Å². The molecule has 2 heterocycles. The van der Waals surface area contributed by atoms with Gasteiger partial charge in [-0.05, 0) is 18.6 Å². The lowest BCUT2D eigenvalue weighted by Crippen LogP contribution is -2.26. The third-order valence-electron chi connectivity index (χ3n) is 2.54. The van der Waals surface area contributed by atoms with Gasteiger partial charge in [0.2, 0.25) is 5.88 Å². The normalized spacial score (nSPS) is 20.4. The lowest BCUT2D eigenvalue weighted by atomic mass is 10.2. The fourth-order valence-electron chi connectivity index (χ4n) is 1.70. The van der Waals surface area contributed by atoms with E-state index >= 15 is 0 Å². The molecule has 1 saturated heterocycles. The van der Waals surface area contributed by atoms with Crippen molar-refractivity contribution in [3.63, 3.8) is 0 Å². The van der Waals surface area contributed by atoms with E-state index in [1.807, 2.05) is 11.8 Å². The molecule has 6 heteroatoms. The maximum Gasteiger partial charge on any atom is 0.242 e. The van der Waals surface area contributed by atoms with E-state index < -0.39 is 0 Å². The first kappa shape index (κ1) is 11.3. The van der Waals surface area contributed by atoms with Gasteiger partial charge in [-0.25, -0.2) is 4.98 Å². The molecule has 1 aromatic heterocycles. The predicted molar refractivity (Wildman–Crippen MR) is 67.0 cm³/mol. The molecule has 0 amide bonds. The van der Waals surface area contributed by atoms with Gasteiger partial charge in [0.05, 0.1) is 7.11 Å². The van der Waals surface area contributed by atoms with Crippen molar-refractivity contribution in [1.82, 2.24) is 9.97 Å². The Hall–Kier alpha value is -1.17. The van der Waals surface area contributed by atoms with E-state index in [1.165, 1.54) is 24.9 Å². The van der Waals surface area contributed by atoms with Gasteiger partial charge in [-0.2, -0.15) is 16.7 Å². The molecule has 2 rings (SSSR count). The number of nitrogens with zero attached hydrogens (tertiary/aromatic N) is 2. The summed E-state index contributed by atoms with van der Waals surface area (Å²) in [5.41, 5.74) is 6.38. The number of nitrogen functional groups attached to an aromatic ring is 1. The molecule has 0 aliphatic carbocycles. The van der Waals surface area contributed by atoms with Crippen LogP contribution < -0.4 is 15.8 Å². The number of anilines is 2. The highest BCUT2D eigenvalue weighted by molar-refractivity contribution is 7.99. The van der Waals surface area contributed by atoms with E-state index in [0.29, 0.717) is 23.4 Å². The maximum absolute atomic E-state index is 5.89. The highest BCUT2D eigenvalue weighted by Crippen LogP contribution is 2.27. The topological polar surface area (TPSA) is 73.1 Å². The molecule has 1 aliphatic rings. The van der Waals surface area contributed by atoms with Gasteiger partial charge < -0.3 is 15.8 Å². The first-order chi connectivity index (χ1) is 7.81. The van der Waals surface area contributed by atoms with Crippen LogP contribution in [0.3, 0.4) is 0 Å². The van der Waals surface area contributed by atoms with E-state index in [1.54, 1.807) is 7.11 Å². The molecular weight excluding hydrogens is 224 g/mol. The predicted octanol–water partition coefficient (Wildman–Crippen LogP) is 1.37. The summed E-state index contributed by atoms with van der Waals surface area (Å²) in [6, 6.07) is 0.445. The average molecular weight is 240 g/mol. The molecule has 16 heavy (non-hydrogen) atoms. The van der Waals surface area contributed by atoms with Gasteiger partial charge in [0.1, 0.15) is 12.0 Å². The fraction of sp³-hybridized carbons (Fsp3) is 0.600. The Labute approximate surface area is 99.2 Å². The first-order valence-corrected chi connectivity index (χ1v) is 6.45. The molecule has 1 atom stereocenters. The van der Waals surface area contributed by atoms with Crippen molar-refractivity contribution in [1.29, 1.82) is 0 Å². The van der Waals surface area contributed by atoms with E-state index in [2.05, 4.69) is 15.3 Å². The minimum Gasteiger partial charge on any atom is -0.479 e. The summed E-state index contributed by atoms with van der Waals surface area (Å²) in [4.78, 5) is 8.09. The molecule has 1 aromatic rings. The second-order valence-electron chi connectivity index (χ2n) is 3.70. The third-order valence-corrected chi connectivity index (χ3v) is 3.76. The van der Waals surface area contributed by atoms with Gasteiger partial charge in [0, 0.05) is 11.8 Å². The van der Waals surface area contributed by atoms with Gasteiger partial charge in [-0.15, -0.1) is 0 Å². The van der Waals surface area contributed by atoms with E-state index in [-0.39, 0.29) is 0 Å². The Kier molecular flexibility index (Phi) is 3.71. The lowest BCUT2D eigenvalue weighted by Gasteiger charge is -2.23. The van der Waals surface area contributed by atoms with Gasteiger partial charge >= 0.3 is 0 Å². The Morgan fingerprint density at radius 1 is 1.56 bits per heavy atom. The number of methoxy groups -OCH3 is 1. The maximum atomic E-state index is 5.89. The van der Waals surface area contributed by atoms with Crippen LogP contribution in [0.5, 0.6) is 5.88 Å². The zero-order chi connectivity index (χ0) is 11.4. The van der Waals surface area contributed by atoms with Crippen LogP contribution in [0.4, 0.5) is 11.5 Å². The summed E-state index contributed by atoms with van der Waals surface area (Å²) < 4.78 is 5.05. The minimum absolute atomic E-state index is 0.431. The molecular formula is C10H16N4OS. The standard InChI is InChI=1S/C10H16N4OS/c1-15-10-8(11)9(12-6-13-10)14-7-3-2-4-16-5-7/h6-7H,2-5,11H2,1H3,(H,12,13,14). The highest BCUT2D eigenvalue weighted by Gasteiger charge is 2.16. The van der Waals surface area contributed by atoms with Crippen molar-refractivity contribution in [2.75, 3.05) is 29.7 Å². The number of rotatable bonds is 3. The number of ether oxygens (including phenoxy) is 1. The molecule has 0 bridgehead atoms. The second kappa shape index (κ2) is 5.25. The van der Waals surface area contributed by atoms with Crippen LogP contribution in [0.25, 0.3) is 0 Å². The van der Waals surface area contributed by atoms with Crippen LogP contribution >= 0.6 is 11.8 Å². The van der Waals surface area contributed by atoms with Crippen molar-refractivity contribution in [2.24, 2.45) is 0 Å². The molecule has 0 spiro atoms. The van der Waals surface area contributed by atoms with Gasteiger partial charge in [0.25, 0.3) is 0 Å². The Bertz CT molecular complexity index is 355. The largest absolute Gasteiger partial charge is 0.479 e. The fourth-order valence-corrected chi connectivity index (χ4v) is 2.78. The van der Waals surface area contributed by atoms with Crippen molar-refractivity contribution < 1.29 is 4.74 Å². The summed E-state index contributed by atoms with van der Waals surface area (Å²) in [6.45, 7) is 0. The van der Waals surface area contributed by atoms with Crippen LogP contribution in [0, 0.1) is 0 Å². The summed E-state index contributed by atoms with van der Waals surface area (Å²) in [7, 11) is 1.55. The number of nitrogens with one attached hydrogen (secondary N) is 1. The number of aromatic nitrogens is 2. The summed E-state index contributed by atoms with van der Waals surface area (Å²) >= 11 is 1.96. The summed E-state index contributed by atoms with van der Waals surface area (Å²) in [5, 5.41) is 3.35. The highest BCUT2D eigenvalue weighted by atomic mass is 32.2. The number of hydrogen-bond donors (Lipinski definition) is 2. The Morgan fingerprint density at radius 2 is 2.44 bits per heavy atom. The quantitative estimate of drug-likeness (QED) is 0.831. The number of nitrogens with two attached hydrogens (primary N) is 1. The van der Waals surface area contributed by atoms with E-state index in [4.69, 9.17) is 10.5 Å². The van der Waals surface area contributed by atoms with Crippen molar-refractivity contribution in [3.8, 4) is 5.88 Å². The van der Waals surface area contributed by atoms with Crippen LogP contribution in [0.2, 0.25) is 0 Å². The molecule has 3 N–H and O–H groups in total. The Balaban J connectivity index is 2.08. The third kappa shape index (κ3) is 2.49. The van der Waals surface area contributed by atoms with Gasteiger partial charge in [-0.1, -0.05) is 0 Å². The van der Waals surface area contributed by atoms with Gasteiger partial charge in [-0.3, -0.25) is 0 Å². The average Bonchev–Trinajstić information content (AvgIpc) is 2.33. The molecule has 1 fully saturated rings. The molecule has 5 nitrogen and oxygen atoms in total. The van der Waals surface area contributed by atoms with E-state index in [0.717, 1.165) is 5.75 Å². The second-order valence-corrected chi connectivity index (χ2v) is 4.85. The molecule has 1 aliphatic heterocycles. The van der Waals surface area contributed by atoms with Crippen molar-refractivity contribution in [2.45, 2.75) is 18.9 Å². The summed E-state index contributed by atoms with van der Waals surface area (Å²) in [6.07, 6.45) is 3.87. The molecule has 0 radical (unpaired) electrons. The van der Waals surface area contributed by atoms with Gasteiger partial charge in [0.15, 0.2) is 5.82 Å². The van der Waals surface area contributed by atoms with Crippen LogP contribution in [0.1, 0.15) is 12.8 Å². The Morgan fingerprint density at radius 3 is 3.12 bits per heavy atom. The zero-order valence-corrected chi connectivity index (χ0v) is 10.1. The lowest BCUT2D eigenvalue weighted by molar-refractivity contribution is 0.399. The number of thioether (sulfide) groups is 1. The van der Waals surface area contributed by atoms with Crippen LogP contribution in [0.15, 0.2) is 6.33 Å². The first-order valence-electron chi connectivity index (χ1n) is 5.30. The number of hydrogen-bond acceptors (Lipinski definition) is 6. The smallest absolute Gasteiger partial charge is 0.242 e. The monoisotopic (exact) mass is 240 g/mol. The van der Waals surface area contributed by atoms with Crippen molar-refractivity contribution in [3.05, 3.63) is 6.33 Å². The zero-order valence-electron chi connectivity index (χ0n) is 9.27. The molecule has 0 aromatic carbocycles. The minimum atomic E-state index is 0.431. The molecule has 88 valence electrons. The van der Waals surface area contributed by atoms with Crippen LogP contribution in [-0.4, -0.2) is 34.6 Å². The molecule has 1 unspecified atom stereocenters. The van der Waals surface area contributed by atoms with Crippen molar-refractivity contribution >= 4 is 23.3 Å². The summed E-state index contributed by atoms with van der Waals surface area (Å²) in [5.74, 6) is 3.47. The SMILES string of the molecule is COc1ncnc(NC2CCCSC2)c1N. The van der Waals surface area contributed by atoms with E-state index in [9.17, 15) is 0 Å². The molecule has 0 saturated carbocycles.